The molecule has 2 aromatic carbocycles. The largest absolute Gasteiger partial charge is 0.345 e. The van der Waals surface area contributed by atoms with Gasteiger partial charge in [0.05, 0.1) is 6.54 Å². The van der Waals surface area contributed by atoms with Crippen LogP contribution in [0.4, 0.5) is 0 Å². The Morgan fingerprint density at radius 1 is 1.21 bits per heavy atom. The summed E-state index contributed by atoms with van der Waals surface area (Å²) < 4.78 is 0. The molecule has 2 heteroatoms. The van der Waals surface area contributed by atoms with Crippen molar-refractivity contribution >= 4 is 16.7 Å². The second-order valence-corrected chi connectivity index (χ2v) is 4.82. The summed E-state index contributed by atoms with van der Waals surface area (Å²) in [5.41, 5.74) is 3.91. The molecular weight excluding hydrogens is 234 g/mol. The van der Waals surface area contributed by atoms with Crippen LogP contribution in [0, 0.1) is 11.8 Å². The van der Waals surface area contributed by atoms with E-state index in [9.17, 15) is 4.79 Å². The Balaban J connectivity index is 1.99. The summed E-state index contributed by atoms with van der Waals surface area (Å²) in [6.07, 6.45) is 2.27. The minimum absolute atomic E-state index is 0.0466. The van der Waals surface area contributed by atoms with Gasteiger partial charge in [0.15, 0.2) is 0 Å². The van der Waals surface area contributed by atoms with E-state index in [0.29, 0.717) is 6.54 Å². The lowest BCUT2D eigenvalue weighted by molar-refractivity contribution is -0.118. The molecule has 2 nitrogen and oxygen atoms in total. The smallest absolute Gasteiger partial charge is 0.217 e. The Labute approximate surface area is 112 Å². The number of amides is 1. The molecule has 0 radical (unpaired) electrons. The third-order valence-corrected chi connectivity index (χ3v) is 3.53. The second-order valence-electron chi connectivity index (χ2n) is 4.82. The lowest BCUT2D eigenvalue weighted by atomic mass is 10.0. The number of carbonyl (C=O) groups excluding carboxylic acids is 1. The molecule has 0 saturated heterocycles. The molecule has 0 spiro atoms. The average molecular weight is 249 g/mol. The Morgan fingerprint density at radius 3 is 2.79 bits per heavy atom. The third kappa shape index (κ3) is 2.20. The maximum atomic E-state index is 10.8. The maximum Gasteiger partial charge on any atom is 0.217 e. The van der Waals surface area contributed by atoms with Crippen molar-refractivity contribution in [3.05, 3.63) is 47.0 Å². The Kier molecular flexibility index (Phi) is 2.97. The standard InChI is InChI=1S/C17H15NO/c1-12(19)18-11-3-5-13-7-8-15-10-9-14-4-2-6-16(13)17(14)15/h2,4,6-8H,9-11H2,1H3,(H,18,19). The van der Waals surface area contributed by atoms with E-state index in [-0.39, 0.29) is 5.91 Å². The highest BCUT2D eigenvalue weighted by atomic mass is 16.1. The van der Waals surface area contributed by atoms with Crippen LogP contribution in [0.2, 0.25) is 0 Å². The van der Waals surface area contributed by atoms with Gasteiger partial charge >= 0.3 is 0 Å². The zero-order chi connectivity index (χ0) is 13.2. The average Bonchev–Trinajstić information content (AvgIpc) is 2.82. The van der Waals surface area contributed by atoms with Crippen LogP contribution in [-0.4, -0.2) is 12.5 Å². The molecule has 1 aliphatic rings. The number of aryl methyl sites for hydroxylation is 2. The van der Waals surface area contributed by atoms with Crippen LogP contribution < -0.4 is 5.32 Å². The van der Waals surface area contributed by atoms with Crippen molar-refractivity contribution in [2.45, 2.75) is 19.8 Å². The number of carbonyl (C=O) groups is 1. The third-order valence-electron chi connectivity index (χ3n) is 3.53. The zero-order valence-electron chi connectivity index (χ0n) is 10.9. The Bertz CT molecular complexity index is 709. The zero-order valence-corrected chi connectivity index (χ0v) is 10.9. The summed E-state index contributed by atoms with van der Waals surface area (Å²) in [7, 11) is 0. The molecule has 3 rings (SSSR count). The van der Waals surface area contributed by atoms with Crippen LogP contribution in [0.5, 0.6) is 0 Å². The minimum atomic E-state index is -0.0466. The van der Waals surface area contributed by atoms with Gasteiger partial charge in [0.2, 0.25) is 5.91 Å². The van der Waals surface area contributed by atoms with Crippen molar-refractivity contribution in [3.63, 3.8) is 0 Å². The van der Waals surface area contributed by atoms with Crippen LogP contribution in [0.1, 0.15) is 23.6 Å². The van der Waals surface area contributed by atoms with E-state index in [0.717, 1.165) is 18.4 Å². The normalized spacial score (nSPS) is 12.1. The number of hydrogen-bond acceptors (Lipinski definition) is 1. The van der Waals surface area contributed by atoms with Gasteiger partial charge in [-0.25, -0.2) is 0 Å². The molecule has 0 heterocycles. The molecule has 0 fully saturated rings. The summed E-state index contributed by atoms with van der Waals surface area (Å²) in [6, 6.07) is 10.7. The van der Waals surface area contributed by atoms with E-state index in [2.05, 4.69) is 47.5 Å². The first-order valence-electron chi connectivity index (χ1n) is 6.52. The highest BCUT2D eigenvalue weighted by Gasteiger charge is 2.14. The van der Waals surface area contributed by atoms with Gasteiger partial charge in [-0.15, -0.1) is 0 Å². The predicted octanol–water partition coefficient (Wildman–Crippen LogP) is 2.43. The van der Waals surface area contributed by atoms with E-state index in [1.54, 1.807) is 0 Å². The van der Waals surface area contributed by atoms with Crippen LogP contribution in [0.3, 0.4) is 0 Å². The Morgan fingerprint density at radius 2 is 2.00 bits per heavy atom. The van der Waals surface area contributed by atoms with Gasteiger partial charge in [-0.2, -0.15) is 0 Å². The SMILES string of the molecule is CC(=O)NCC#Cc1ccc2c3c(cccc13)CC2. The summed E-state index contributed by atoms with van der Waals surface area (Å²) >= 11 is 0. The fourth-order valence-electron chi connectivity index (χ4n) is 2.66. The van der Waals surface area contributed by atoms with Crippen LogP contribution in [0.15, 0.2) is 30.3 Å². The number of benzene rings is 2. The first-order chi connectivity index (χ1) is 9.25. The van der Waals surface area contributed by atoms with Crippen molar-refractivity contribution in [2.75, 3.05) is 6.54 Å². The van der Waals surface area contributed by atoms with Gasteiger partial charge in [0.25, 0.3) is 0 Å². The van der Waals surface area contributed by atoms with Crippen molar-refractivity contribution in [1.82, 2.24) is 5.32 Å². The number of nitrogens with one attached hydrogen (secondary N) is 1. The van der Waals surface area contributed by atoms with Crippen LogP contribution in [0.25, 0.3) is 10.8 Å². The van der Waals surface area contributed by atoms with E-state index >= 15 is 0 Å². The first kappa shape index (κ1) is 11.8. The van der Waals surface area contributed by atoms with Gasteiger partial charge in [-0.1, -0.05) is 36.1 Å². The monoisotopic (exact) mass is 249 g/mol. The highest BCUT2D eigenvalue weighted by Crippen LogP contribution is 2.32. The molecule has 0 unspecified atom stereocenters. The van der Waals surface area contributed by atoms with E-state index < -0.39 is 0 Å². The molecule has 0 saturated carbocycles. The molecule has 1 N–H and O–H groups in total. The van der Waals surface area contributed by atoms with Crippen molar-refractivity contribution in [1.29, 1.82) is 0 Å². The van der Waals surface area contributed by atoms with Crippen molar-refractivity contribution < 1.29 is 4.79 Å². The maximum absolute atomic E-state index is 10.8. The molecule has 0 atom stereocenters. The molecule has 0 aromatic heterocycles. The summed E-state index contributed by atoms with van der Waals surface area (Å²) in [4.78, 5) is 10.8. The van der Waals surface area contributed by atoms with Gasteiger partial charge < -0.3 is 5.32 Å². The molecule has 94 valence electrons. The van der Waals surface area contributed by atoms with Gasteiger partial charge in [-0.3, -0.25) is 4.79 Å². The predicted molar refractivity (Wildman–Crippen MR) is 76.9 cm³/mol. The number of rotatable bonds is 1. The van der Waals surface area contributed by atoms with Crippen LogP contribution >= 0.6 is 0 Å². The molecule has 0 bridgehead atoms. The van der Waals surface area contributed by atoms with Crippen molar-refractivity contribution in [2.24, 2.45) is 0 Å². The molecular formula is C17H15NO. The fraction of sp³-hybridized carbons (Fsp3) is 0.235. The van der Waals surface area contributed by atoms with Gasteiger partial charge in [0.1, 0.15) is 0 Å². The summed E-state index contributed by atoms with van der Waals surface area (Å²) in [6.45, 7) is 1.90. The second kappa shape index (κ2) is 4.78. The minimum Gasteiger partial charge on any atom is -0.345 e. The Hall–Kier alpha value is -2.27. The van der Waals surface area contributed by atoms with Crippen LogP contribution in [-0.2, 0) is 17.6 Å². The molecule has 1 aliphatic carbocycles. The van der Waals surface area contributed by atoms with E-state index in [4.69, 9.17) is 0 Å². The molecule has 2 aromatic rings. The highest BCUT2D eigenvalue weighted by molar-refractivity contribution is 5.95. The quantitative estimate of drug-likeness (QED) is 0.773. The van der Waals surface area contributed by atoms with Crippen molar-refractivity contribution in [3.8, 4) is 11.8 Å². The summed E-state index contributed by atoms with van der Waals surface area (Å²) in [5.74, 6) is 6.12. The lowest BCUT2D eigenvalue weighted by Gasteiger charge is -2.04. The van der Waals surface area contributed by atoms with Gasteiger partial charge in [0, 0.05) is 12.5 Å². The molecule has 0 aliphatic heterocycles. The fourth-order valence-corrected chi connectivity index (χ4v) is 2.66. The molecule has 1 amide bonds. The first-order valence-corrected chi connectivity index (χ1v) is 6.52. The number of hydrogen-bond donors (Lipinski definition) is 1. The topological polar surface area (TPSA) is 29.1 Å². The van der Waals surface area contributed by atoms with E-state index in [1.807, 2.05) is 0 Å². The summed E-state index contributed by atoms with van der Waals surface area (Å²) in [5, 5.41) is 5.31. The molecule has 19 heavy (non-hydrogen) atoms. The van der Waals surface area contributed by atoms with E-state index in [1.165, 1.54) is 28.8 Å². The lowest BCUT2D eigenvalue weighted by Crippen LogP contribution is -2.19. The van der Waals surface area contributed by atoms with Gasteiger partial charge in [-0.05, 0) is 40.8 Å².